The largest absolute Gasteiger partial charge is 0.496 e. The molecule has 4 rings (SSSR count). The van der Waals surface area contributed by atoms with E-state index in [1.165, 1.54) is 0 Å². The number of pyridine rings is 1. The molecule has 2 aliphatic rings. The number of aliphatic hydroxyl groups is 1. The fourth-order valence-corrected chi connectivity index (χ4v) is 4.79. The Balaban J connectivity index is 1.51. The second-order valence-corrected chi connectivity index (χ2v) is 7.71. The van der Waals surface area contributed by atoms with Gasteiger partial charge in [-0.1, -0.05) is 24.3 Å². The third-order valence-electron chi connectivity index (χ3n) is 6.14. The standard InChI is InChI=1S/C22H26N2O4/c1-28-20-7-3-2-5-15(20)9-10-21(26)23-12-16-11-17(13-23)19(14-25)24-18(16)6-4-8-22(24)27/h2-8,16-17,19,25H,9-14H2,1H3/t16-,17+,19+/m1/s1. The van der Waals surface area contributed by atoms with E-state index in [4.69, 9.17) is 4.74 Å². The van der Waals surface area contributed by atoms with E-state index < -0.39 is 0 Å². The summed E-state index contributed by atoms with van der Waals surface area (Å²) in [6, 6.07) is 12.8. The van der Waals surface area contributed by atoms with Crippen LogP contribution in [0.15, 0.2) is 47.3 Å². The Kier molecular flexibility index (Phi) is 5.22. The van der Waals surface area contributed by atoms with Crippen LogP contribution in [0.25, 0.3) is 0 Å². The van der Waals surface area contributed by atoms with Gasteiger partial charge in [0.05, 0.1) is 19.8 Å². The molecule has 0 unspecified atom stereocenters. The van der Waals surface area contributed by atoms with Gasteiger partial charge >= 0.3 is 0 Å². The third-order valence-corrected chi connectivity index (χ3v) is 6.14. The lowest BCUT2D eigenvalue weighted by molar-refractivity contribution is -0.134. The smallest absolute Gasteiger partial charge is 0.251 e. The summed E-state index contributed by atoms with van der Waals surface area (Å²) in [5, 5.41) is 9.93. The Bertz CT molecular complexity index is 923. The molecular formula is C22H26N2O4. The number of carbonyl (C=O) groups is 1. The number of nitrogens with zero attached hydrogens (tertiary/aromatic N) is 2. The van der Waals surface area contributed by atoms with E-state index in [2.05, 4.69) is 0 Å². The third kappa shape index (κ3) is 3.33. The lowest BCUT2D eigenvalue weighted by Crippen LogP contribution is -2.51. The number of methoxy groups -OCH3 is 1. The summed E-state index contributed by atoms with van der Waals surface area (Å²) in [7, 11) is 1.64. The molecule has 0 spiro atoms. The van der Waals surface area contributed by atoms with E-state index in [0.717, 1.165) is 23.4 Å². The van der Waals surface area contributed by atoms with Crippen molar-refractivity contribution in [3.63, 3.8) is 0 Å². The van der Waals surface area contributed by atoms with Crippen molar-refractivity contribution in [2.75, 3.05) is 26.8 Å². The van der Waals surface area contributed by atoms with Gasteiger partial charge in [0.2, 0.25) is 5.91 Å². The van der Waals surface area contributed by atoms with Crippen molar-refractivity contribution in [3.05, 3.63) is 64.1 Å². The number of hydrogen-bond acceptors (Lipinski definition) is 4. The monoisotopic (exact) mass is 382 g/mol. The van der Waals surface area contributed by atoms with Gasteiger partial charge in [0.1, 0.15) is 5.75 Å². The topological polar surface area (TPSA) is 71.8 Å². The first-order valence-corrected chi connectivity index (χ1v) is 9.84. The zero-order chi connectivity index (χ0) is 19.7. The van der Waals surface area contributed by atoms with Crippen LogP contribution in [0.3, 0.4) is 0 Å². The molecular weight excluding hydrogens is 356 g/mol. The van der Waals surface area contributed by atoms with Crippen LogP contribution in [0.2, 0.25) is 0 Å². The fourth-order valence-electron chi connectivity index (χ4n) is 4.79. The van der Waals surface area contributed by atoms with Crippen molar-refractivity contribution in [1.82, 2.24) is 9.47 Å². The van der Waals surface area contributed by atoms with Crippen molar-refractivity contribution >= 4 is 5.91 Å². The summed E-state index contributed by atoms with van der Waals surface area (Å²) in [5.74, 6) is 1.17. The molecule has 28 heavy (non-hydrogen) atoms. The molecule has 0 saturated carbocycles. The molecule has 2 aromatic rings. The Labute approximate surface area is 164 Å². The number of carbonyl (C=O) groups excluding carboxylic acids is 1. The number of piperidine rings is 1. The van der Waals surface area contributed by atoms with Gasteiger partial charge in [-0.05, 0) is 30.5 Å². The van der Waals surface area contributed by atoms with E-state index in [-0.39, 0.29) is 36.0 Å². The van der Waals surface area contributed by atoms with E-state index in [0.29, 0.717) is 25.9 Å². The van der Waals surface area contributed by atoms with Crippen molar-refractivity contribution in [1.29, 1.82) is 0 Å². The number of amides is 1. The number of hydrogen-bond donors (Lipinski definition) is 1. The average Bonchev–Trinajstić information content (AvgIpc) is 2.73. The lowest BCUT2D eigenvalue weighted by atomic mass is 9.78. The van der Waals surface area contributed by atoms with Crippen molar-refractivity contribution in [2.24, 2.45) is 5.92 Å². The molecule has 1 aromatic carbocycles. The predicted molar refractivity (Wildman–Crippen MR) is 106 cm³/mol. The van der Waals surface area contributed by atoms with Gasteiger partial charge in [-0.25, -0.2) is 0 Å². The molecule has 3 atom stereocenters. The SMILES string of the molecule is COc1ccccc1CCC(=O)N1C[C@H]2C[C@@H](C1)[C@H](CO)n1c2cccc1=O. The van der Waals surface area contributed by atoms with Gasteiger partial charge in [0, 0.05) is 43.1 Å². The highest BCUT2D eigenvalue weighted by atomic mass is 16.5. The van der Waals surface area contributed by atoms with Crippen LogP contribution >= 0.6 is 0 Å². The molecule has 1 aromatic heterocycles. The van der Waals surface area contributed by atoms with Crippen LogP contribution in [-0.2, 0) is 11.2 Å². The van der Waals surface area contributed by atoms with Gasteiger partial charge in [0.25, 0.3) is 5.56 Å². The number of likely N-dealkylation sites (tertiary alicyclic amines) is 1. The minimum atomic E-state index is -0.259. The number of benzene rings is 1. The van der Waals surface area contributed by atoms with Gasteiger partial charge in [-0.2, -0.15) is 0 Å². The number of fused-ring (bicyclic) bond motifs is 4. The summed E-state index contributed by atoms with van der Waals surface area (Å²) < 4.78 is 7.12. The zero-order valence-electron chi connectivity index (χ0n) is 16.1. The van der Waals surface area contributed by atoms with E-state index in [1.54, 1.807) is 23.8 Å². The molecule has 1 N–H and O–H groups in total. The predicted octanol–water partition coefficient (Wildman–Crippen LogP) is 1.97. The van der Waals surface area contributed by atoms with E-state index in [9.17, 15) is 14.7 Å². The fraction of sp³-hybridized carbons (Fsp3) is 0.455. The normalized spacial score (nSPS) is 23.2. The number of rotatable bonds is 5. The molecule has 1 amide bonds. The highest BCUT2D eigenvalue weighted by molar-refractivity contribution is 5.77. The summed E-state index contributed by atoms with van der Waals surface area (Å²) in [6.45, 7) is 1.13. The van der Waals surface area contributed by atoms with Gasteiger partial charge in [-0.15, -0.1) is 0 Å². The van der Waals surface area contributed by atoms with Crippen LogP contribution in [-0.4, -0.2) is 47.3 Å². The Morgan fingerprint density at radius 1 is 1.18 bits per heavy atom. The highest BCUT2D eigenvalue weighted by Crippen LogP contribution is 2.41. The molecule has 0 aliphatic carbocycles. The summed E-state index contributed by atoms with van der Waals surface area (Å²) in [4.78, 5) is 27.2. The molecule has 1 fully saturated rings. The van der Waals surface area contributed by atoms with Crippen LogP contribution < -0.4 is 10.3 Å². The van der Waals surface area contributed by atoms with Gasteiger partial charge in [-0.3, -0.25) is 9.59 Å². The number of aryl methyl sites for hydroxylation is 1. The van der Waals surface area contributed by atoms with Gasteiger partial charge < -0.3 is 19.3 Å². The average molecular weight is 382 g/mol. The molecule has 6 heteroatoms. The van der Waals surface area contributed by atoms with Crippen LogP contribution in [0.4, 0.5) is 0 Å². The zero-order valence-corrected chi connectivity index (χ0v) is 16.1. The number of para-hydroxylation sites is 1. The number of aliphatic hydroxyl groups excluding tert-OH is 1. The first-order valence-electron chi connectivity index (χ1n) is 9.84. The minimum Gasteiger partial charge on any atom is -0.496 e. The molecule has 148 valence electrons. The van der Waals surface area contributed by atoms with E-state index in [1.807, 2.05) is 35.2 Å². The van der Waals surface area contributed by atoms with Gasteiger partial charge in [0.15, 0.2) is 0 Å². The van der Waals surface area contributed by atoms with Crippen molar-refractivity contribution in [2.45, 2.75) is 31.2 Å². The van der Waals surface area contributed by atoms with Crippen molar-refractivity contribution in [3.8, 4) is 5.75 Å². The molecule has 2 aliphatic heterocycles. The minimum absolute atomic E-state index is 0.0674. The summed E-state index contributed by atoms with van der Waals surface area (Å²) in [5.41, 5.74) is 1.90. The van der Waals surface area contributed by atoms with Crippen LogP contribution in [0.1, 0.15) is 36.1 Å². The maximum absolute atomic E-state index is 12.9. The van der Waals surface area contributed by atoms with Crippen molar-refractivity contribution < 1.29 is 14.6 Å². The molecule has 2 bridgehead atoms. The molecule has 0 radical (unpaired) electrons. The van der Waals surface area contributed by atoms with Crippen LogP contribution in [0, 0.1) is 5.92 Å². The maximum Gasteiger partial charge on any atom is 0.251 e. The Morgan fingerprint density at radius 3 is 2.79 bits per heavy atom. The van der Waals surface area contributed by atoms with E-state index >= 15 is 0 Å². The maximum atomic E-state index is 12.9. The Hall–Kier alpha value is -2.60. The lowest BCUT2D eigenvalue weighted by Gasteiger charge is -2.46. The highest BCUT2D eigenvalue weighted by Gasteiger charge is 2.41. The van der Waals surface area contributed by atoms with Crippen LogP contribution in [0.5, 0.6) is 5.75 Å². The summed E-state index contributed by atoms with van der Waals surface area (Å²) >= 11 is 0. The molecule has 1 saturated heterocycles. The quantitative estimate of drug-likeness (QED) is 0.858. The number of aromatic nitrogens is 1. The first-order chi connectivity index (χ1) is 13.6. The summed E-state index contributed by atoms with van der Waals surface area (Å²) in [6.07, 6.45) is 1.96. The number of ether oxygens (including phenoxy) is 1. The Morgan fingerprint density at radius 2 is 2.00 bits per heavy atom. The molecule has 3 heterocycles. The second kappa shape index (κ2) is 7.80. The second-order valence-electron chi connectivity index (χ2n) is 7.71. The molecule has 6 nitrogen and oxygen atoms in total. The first kappa shape index (κ1) is 18.7.